The van der Waals surface area contributed by atoms with Crippen molar-refractivity contribution in [2.24, 2.45) is 13.0 Å². The van der Waals surface area contributed by atoms with Crippen molar-refractivity contribution in [3.05, 3.63) is 12.2 Å². The van der Waals surface area contributed by atoms with Crippen LogP contribution < -0.4 is 5.32 Å². The fourth-order valence-electron chi connectivity index (χ4n) is 1.35. The molecule has 1 aliphatic rings. The highest BCUT2D eigenvalue weighted by Gasteiger charge is 2.20. The molecule has 1 saturated carbocycles. The molecule has 1 fully saturated rings. The van der Waals surface area contributed by atoms with Crippen LogP contribution in [0.3, 0.4) is 0 Å². The van der Waals surface area contributed by atoms with Crippen molar-refractivity contribution in [3.8, 4) is 0 Å². The molecule has 1 heterocycles. The number of hydrogen-bond donors (Lipinski definition) is 1. The van der Waals surface area contributed by atoms with Gasteiger partial charge in [0.25, 0.3) is 0 Å². The van der Waals surface area contributed by atoms with Gasteiger partial charge in [-0.15, -0.1) is 10.2 Å². The van der Waals surface area contributed by atoms with Gasteiger partial charge in [-0.1, -0.05) is 0 Å². The lowest BCUT2D eigenvalue weighted by atomic mass is 10.5. The highest BCUT2D eigenvalue weighted by Crippen LogP contribution is 2.28. The van der Waals surface area contributed by atoms with E-state index in [-0.39, 0.29) is 0 Å². The molecule has 0 radical (unpaired) electrons. The lowest BCUT2D eigenvalue weighted by Crippen LogP contribution is -2.21. The van der Waals surface area contributed by atoms with Crippen molar-refractivity contribution in [1.29, 1.82) is 0 Å². The van der Waals surface area contributed by atoms with Gasteiger partial charge in [0.1, 0.15) is 12.2 Å². The number of aromatic nitrogens is 3. The molecule has 0 saturated heterocycles. The topological polar surface area (TPSA) is 52.0 Å². The Morgan fingerprint density at radius 2 is 2.47 bits per heavy atom. The molecule has 0 atom stereocenters. The zero-order chi connectivity index (χ0) is 10.5. The Hall–Kier alpha value is -0.940. The predicted octanol–water partition coefficient (Wildman–Crippen LogP) is 0.331. The Morgan fingerprint density at radius 3 is 3.13 bits per heavy atom. The summed E-state index contributed by atoms with van der Waals surface area (Å²) in [6.07, 6.45) is 4.42. The molecule has 2 rings (SSSR count). The molecule has 0 aliphatic heterocycles. The fourth-order valence-corrected chi connectivity index (χ4v) is 1.35. The molecule has 5 heteroatoms. The van der Waals surface area contributed by atoms with Gasteiger partial charge in [0.2, 0.25) is 0 Å². The summed E-state index contributed by atoms with van der Waals surface area (Å²) in [5.74, 6) is 1.81. The third-order valence-corrected chi connectivity index (χ3v) is 2.56. The van der Waals surface area contributed by atoms with E-state index >= 15 is 0 Å². The van der Waals surface area contributed by atoms with Crippen molar-refractivity contribution < 1.29 is 4.74 Å². The minimum atomic E-state index is 0.753. The molecule has 1 aliphatic carbocycles. The molecule has 0 bridgehead atoms. The van der Waals surface area contributed by atoms with Crippen LogP contribution in [0, 0.1) is 5.92 Å². The maximum atomic E-state index is 5.50. The number of aryl methyl sites for hydroxylation is 1. The monoisotopic (exact) mass is 210 g/mol. The molecule has 0 spiro atoms. The van der Waals surface area contributed by atoms with Crippen molar-refractivity contribution in [3.63, 3.8) is 0 Å². The van der Waals surface area contributed by atoms with Gasteiger partial charge in [0, 0.05) is 20.2 Å². The average Bonchev–Trinajstić information content (AvgIpc) is 2.96. The van der Waals surface area contributed by atoms with Crippen LogP contribution in [0.5, 0.6) is 0 Å². The number of nitrogens with zero attached hydrogens (tertiary/aromatic N) is 3. The first-order valence-electron chi connectivity index (χ1n) is 5.47. The average molecular weight is 210 g/mol. The van der Waals surface area contributed by atoms with E-state index in [1.54, 1.807) is 6.33 Å². The molecule has 1 aromatic heterocycles. The van der Waals surface area contributed by atoms with Gasteiger partial charge in [-0.2, -0.15) is 0 Å². The Morgan fingerprint density at radius 1 is 1.60 bits per heavy atom. The van der Waals surface area contributed by atoms with E-state index in [0.717, 1.165) is 38.0 Å². The van der Waals surface area contributed by atoms with Crippen LogP contribution in [-0.4, -0.2) is 34.5 Å². The van der Waals surface area contributed by atoms with Crippen LogP contribution in [0.15, 0.2) is 6.33 Å². The smallest absolute Gasteiger partial charge is 0.146 e. The summed E-state index contributed by atoms with van der Waals surface area (Å²) in [6, 6.07) is 0. The zero-order valence-corrected chi connectivity index (χ0v) is 9.15. The third-order valence-electron chi connectivity index (χ3n) is 2.56. The van der Waals surface area contributed by atoms with Crippen LogP contribution in [-0.2, 0) is 18.3 Å². The van der Waals surface area contributed by atoms with E-state index in [2.05, 4.69) is 15.5 Å². The lowest BCUT2D eigenvalue weighted by Gasteiger charge is -2.04. The highest BCUT2D eigenvalue weighted by atomic mass is 16.5. The van der Waals surface area contributed by atoms with Gasteiger partial charge in [-0.3, -0.25) is 0 Å². The van der Waals surface area contributed by atoms with Crippen molar-refractivity contribution in [2.45, 2.75) is 19.4 Å². The lowest BCUT2D eigenvalue weighted by molar-refractivity contribution is 0.126. The van der Waals surface area contributed by atoms with E-state index in [1.807, 2.05) is 11.6 Å². The maximum absolute atomic E-state index is 5.50. The second-order valence-corrected chi connectivity index (χ2v) is 4.05. The Labute approximate surface area is 89.8 Å². The Kier molecular flexibility index (Phi) is 3.69. The van der Waals surface area contributed by atoms with E-state index in [1.165, 1.54) is 12.8 Å². The maximum Gasteiger partial charge on any atom is 0.146 e. The van der Waals surface area contributed by atoms with Gasteiger partial charge < -0.3 is 14.6 Å². The van der Waals surface area contributed by atoms with E-state index in [9.17, 15) is 0 Å². The predicted molar refractivity (Wildman–Crippen MR) is 56.3 cm³/mol. The molecule has 1 N–H and O–H groups in total. The van der Waals surface area contributed by atoms with Crippen molar-refractivity contribution in [1.82, 2.24) is 20.1 Å². The quantitative estimate of drug-likeness (QED) is 0.659. The normalized spacial score (nSPS) is 15.8. The second kappa shape index (κ2) is 5.23. The highest BCUT2D eigenvalue weighted by molar-refractivity contribution is 4.82. The van der Waals surface area contributed by atoms with E-state index in [0.29, 0.717) is 0 Å². The van der Waals surface area contributed by atoms with Crippen LogP contribution in [0.4, 0.5) is 0 Å². The first-order valence-corrected chi connectivity index (χ1v) is 5.47. The number of hydrogen-bond acceptors (Lipinski definition) is 4. The third kappa shape index (κ3) is 3.60. The molecule has 0 aromatic carbocycles. The zero-order valence-electron chi connectivity index (χ0n) is 9.15. The molecule has 0 amide bonds. The van der Waals surface area contributed by atoms with Crippen LogP contribution >= 0.6 is 0 Å². The Balaban J connectivity index is 1.49. The van der Waals surface area contributed by atoms with Crippen molar-refractivity contribution >= 4 is 0 Å². The first-order chi connectivity index (χ1) is 7.36. The standard InChI is InChI=1S/C10H18N4O/c1-14-8-12-13-10(14)6-11-4-5-15-7-9-2-3-9/h8-9,11H,2-7H2,1H3. The van der Waals surface area contributed by atoms with Crippen LogP contribution in [0.1, 0.15) is 18.7 Å². The van der Waals surface area contributed by atoms with Crippen LogP contribution in [0.2, 0.25) is 0 Å². The van der Waals surface area contributed by atoms with Crippen molar-refractivity contribution in [2.75, 3.05) is 19.8 Å². The number of nitrogens with one attached hydrogen (secondary N) is 1. The largest absolute Gasteiger partial charge is 0.380 e. The molecule has 15 heavy (non-hydrogen) atoms. The van der Waals surface area contributed by atoms with Gasteiger partial charge in [0.15, 0.2) is 0 Å². The summed E-state index contributed by atoms with van der Waals surface area (Å²) in [7, 11) is 1.95. The minimum Gasteiger partial charge on any atom is -0.380 e. The molecule has 84 valence electrons. The van der Waals surface area contributed by atoms with Gasteiger partial charge in [-0.25, -0.2) is 0 Å². The molecular weight excluding hydrogens is 192 g/mol. The Bertz CT molecular complexity index is 295. The van der Waals surface area contributed by atoms with Crippen LogP contribution in [0.25, 0.3) is 0 Å². The van der Waals surface area contributed by atoms with Gasteiger partial charge in [0.05, 0.1) is 13.2 Å². The fraction of sp³-hybridized carbons (Fsp3) is 0.800. The molecule has 1 aromatic rings. The minimum absolute atomic E-state index is 0.753. The first kappa shape index (κ1) is 10.6. The summed E-state index contributed by atoms with van der Waals surface area (Å²) in [5.41, 5.74) is 0. The van der Waals surface area contributed by atoms with Gasteiger partial charge in [-0.05, 0) is 18.8 Å². The van der Waals surface area contributed by atoms with Gasteiger partial charge >= 0.3 is 0 Å². The number of rotatable bonds is 7. The summed E-state index contributed by atoms with van der Waals surface area (Å²) < 4.78 is 7.42. The SMILES string of the molecule is Cn1cnnc1CNCCOCC1CC1. The summed E-state index contributed by atoms with van der Waals surface area (Å²) in [5, 5.41) is 11.1. The molecular formula is C10H18N4O. The molecule has 0 unspecified atom stereocenters. The van der Waals surface area contributed by atoms with E-state index < -0.39 is 0 Å². The summed E-state index contributed by atoms with van der Waals surface area (Å²) >= 11 is 0. The second-order valence-electron chi connectivity index (χ2n) is 4.05. The summed E-state index contributed by atoms with van der Waals surface area (Å²) in [6.45, 7) is 3.35. The van der Waals surface area contributed by atoms with E-state index in [4.69, 9.17) is 4.74 Å². The molecule has 5 nitrogen and oxygen atoms in total. The number of ether oxygens (including phenoxy) is 1. The summed E-state index contributed by atoms with van der Waals surface area (Å²) in [4.78, 5) is 0.